The molecule has 1 aromatic heterocycles. The number of carbonyl (C=O) groups is 1. The Bertz CT molecular complexity index is 493. The third kappa shape index (κ3) is 1.64. The van der Waals surface area contributed by atoms with Crippen molar-refractivity contribution in [1.29, 1.82) is 0 Å². The summed E-state index contributed by atoms with van der Waals surface area (Å²) in [6, 6.07) is 10.5. The molecule has 0 amide bonds. The van der Waals surface area contributed by atoms with Gasteiger partial charge < -0.3 is 4.98 Å². The highest BCUT2D eigenvalue weighted by atomic mass is 16.1. The molecule has 0 bridgehead atoms. The molecule has 0 spiro atoms. The van der Waals surface area contributed by atoms with Crippen LogP contribution < -0.4 is 0 Å². The van der Waals surface area contributed by atoms with Crippen LogP contribution in [0.4, 0.5) is 0 Å². The zero-order chi connectivity index (χ0) is 11.0. The van der Waals surface area contributed by atoms with Crippen LogP contribution in [0.2, 0.25) is 0 Å². The standard InChI is InChI=1S/C14H15NO/c16-12-6-3-5-10(8-12)14-9-11-4-1-2-7-13(11)15-14/h1-2,4,7,9-10,15H,3,5-6,8H2. The number of fused-ring (bicyclic) bond motifs is 1. The van der Waals surface area contributed by atoms with Gasteiger partial charge in [0.05, 0.1) is 0 Å². The van der Waals surface area contributed by atoms with Crippen LogP contribution in [-0.2, 0) is 4.79 Å². The predicted molar refractivity (Wildman–Crippen MR) is 64.5 cm³/mol. The first-order chi connectivity index (χ1) is 7.83. The number of para-hydroxylation sites is 1. The zero-order valence-electron chi connectivity index (χ0n) is 9.20. The number of aromatic amines is 1. The zero-order valence-corrected chi connectivity index (χ0v) is 9.20. The number of Topliss-reactive ketones (excluding diaryl/α,β-unsaturated/α-hetero) is 1. The van der Waals surface area contributed by atoms with E-state index in [4.69, 9.17) is 0 Å². The van der Waals surface area contributed by atoms with Gasteiger partial charge in [0.2, 0.25) is 0 Å². The Balaban J connectivity index is 1.96. The summed E-state index contributed by atoms with van der Waals surface area (Å²) < 4.78 is 0. The maximum absolute atomic E-state index is 11.4. The van der Waals surface area contributed by atoms with Gasteiger partial charge in [0.1, 0.15) is 5.78 Å². The van der Waals surface area contributed by atoms with E-state index in [1.165, 1.54) is 16.6 Å². The van der Waals surface area contributed by atoms with Crippen molar-refractivity contribution in [2.45, 2.75) is 31.6 Å². The first kappa shape index (κ1) is 9.64. The van der Waals surface area contributed by atoms with Crippen molar-refractivity contribution in [3.8, 4) is 0 Å². The van der Waals surface area contributed by atoms with E-state index in [2.05, 4.69) is 23.2 Å². The van der Waals surface area contributed by atoms with Crippen LogP contribution in [0, 0.1) is 0 Å². The minimum Gasteiger partial charge on any atom is -0.358 e. The first-order valence-corrected chi connectivity index (χ1v) is 5.92. The quantitative estimate of drug-likeness (QED) is 0.773. The third-order valence-electron chi connectivity index (χ3n) is 3.47. The molecule has 1 fully saturated rings. The summed E-state index contributed by atoms with van der Waals surface area (Å²) in [6.07, 6.45) is 3.67. The lowest BCUT2D eigenvalue weighted by Gasteiger charge is -2.19. The van der Waals surface area contributed by atoms with Crippen molar-refractivity contribution in [1.82, 2.24) is 4.98 Å². The number of rotatable bonds is 1. The lowest BCUT2D eigenvalue weighted by Crippen LogP contribution is -2.13. The molecule has 1 aromatic carbocycles. The average Bonchev–Trinajstić information content (AvgIpc) is 2.72. The lowest BCUT2D eigenvalue weighted by molar-refractivity contribution is -0.120. The molecule has 0 saturated heterocycles. The second-order valence-electron chi connectivity index (χ2n) is 4.64. The van der Waals surface area contributed by atoms with Gasteiger partial charge in [-0.1, -0.05) is 18.2 Å². The van der Waals surface area contributed by atoms with Crippen molar-refractivity contribution < 1.29 is 4.79 Å². The summed E-state index contributed by atoms with van der Waals surface area (Å²) in [4.78, 5) is 14.9. The van der Waals surface area contributed by atoms with Crippen LogP contribution in [0.25, 0.3) is 10.9 Å². The molecule has 2 nitrogen and oxygen atoms in total. The van der Waals surface area contributed by atoms with Crippen molar-refractivity contribution in [3.63, 3.8) is 0 Å². The smallest absolute Gasteiger partial charge is 0.133 e. The molecular weight excluding hydrogens is 198 g/mol. The van der Waals surface area contributed by atoms with Gasteiger partial charge in [-0.2, -0.15) is 0 Å². The second kappa shape index (κ2) is 3.78. The highest BCUT2D eigenvalue weighted by molar-refractivity contribution is 5.82. The largest absolute Gasteiger partial charge is 0.358 e. The highest BCUT2D eigenvalue weighted by Gasteiger charge is 2.22. The minimum absolute atomic E-state index is 0.411. The number of nitrogens with one attached hydrogen (secondary N) is 1. The van der Waals surface area contributed by atoms with E-state index in [0.717, 1.165) is 19.3 Å². The third-order valence-corrected chi connectivity index (χ3v) is 3.47. The average molecular weight is 213 g/mol. The van der Waals surface area contributed by atoms with E-state index >= 15 is 0 Å². The molecule has 3 rings (SSSR count). The summed E-state index contributed by atoms with van der Waals surface area (Å²) in [5.74, 6) is 0.823. The van der Waals surface area contributed by atoms with Crippen LogP contribution >= 0.6 is 0 Å². The van der Waals surface area contributed by atoms with Crippen molar-refractivity contribution in [2.75, 3.05) is 0 Å². The van der Waals surface area contributed by atoms with Crippen molar-refractivity contribution in [3.05, 3.63) is 36.0 Å². The normalized spacial score (nSPS) is 21.5. The second-order valence-corrected chi connectivity index (χ2v) is 4.64. The topological polar surface area (TPSA) is 32.9 Å². The summed E-state index contributed by atoms with van der Waals surface area (Å²) >= 11 is 0. The highest BCUT2D eigenvalue weighted by Crippen LogP contribution is 2.32. The number of hydrogen-bond acceptors (Lipinski definition) is 1. The maximum Gasteiger partial charge on any atom is 0.133 e. The van der Waals surface area contributed by atoms with Crippen LogP contribution in [0.5, 0.6) is 0 Å². The van der Waals surface area contributed by atoms with Gasteiger partial charge in [0.25, 0.3) is 0 Å². The first-order valence-electron chi connectivity index (χ1n) is 5.92. The van der Waals surface area contributed by atoms with Crippen LogP contribution in [-0.4, -0.2) is 10.8 Å². The number of aromatic nitrogens is 1. The predicted octanol–water partition coefficient (Wildman–Crippen LogP) is 3.39. The molecule has 82 valence electrons. The Morgan fingerprint density at radius 2 is 2.12 bits per heavy atom. The van der Waals surface area contributed by atoms with Crippen molar-refractivity contribution >= 4 is 16.7 Å². The Hall–Kier alpha value is -1.57. The fraction of sp³-hybridized carbons (Fsp3) is 0.357. The molecule has 1 unspecified atom stereocenters. The number of benzene rings is 1. The van der Waals surface area contributed by atoms with Crippen LogP contribution in [0.3, 0.4) is 0 Å². The molecule has 0 aliphatic heterocycles. The molecule has 1 saturated carbocycles. The van der Waals surface area contributed by atoms with E-state index in [-0.39, 0.29) is 0 Å². The molecule has 16 heavy (non-hydrogen) atoms. The number of carbonyl (C=O) groups excluding carboxylic acids is 1. The molecule has 1 N–H and O–H groups in total. The molecule has 1 aliphatic carbocycles. The van der Waals surface area contributed by atoms with E-state index in [1.807, 2.05) is 12.1 Å². The Morgan fingerprint density at radius 1 is 1.25 bits per heavy atom. The molecular formula is C14H15NO. The van der Waals surface area contributed by atoms with Crippen molar-refractivity contribution in [2.24, 2.45) is 0 Å². The number of ketones is 1. The fourth-order valence-corrected chi connectivity index (χ4v) is 2.61. The molecule has 1 heterocycles. The number of hydrogen-bond donors (Lipinski definition) is 1. The fourth-order valence-electron chi connectivity index (χ4n) is 2.61. The Labute approximate surface area is 94.7 Å². The van der Waals surface area contributed by atoms with E-state index < -0.39 is 0 Å². The maximum atomic E-state index is 11.4. The van der Waals surface area contributed by atoms with Gasteiger partial charge >= 0.3 is 0 Å². The SMILES string of the molecule is O=C1CCCC(c2cc3ccccc3[nH]2)C1. The molecule has 0 radical (unpaired) electrons. The summed E-state index contributed by atoms with van der Waals surface area (Å²) in [5.41, 5.74) is 2.41. The van der Waals surface area contributed by atoms with Gasteiger partial charge in [0, 0.05) is 30.0 Å². The monoisotopic (exact) mass is 213 g/mol. The lowest BCUT2D eigenvalue weighted by atomic mass is 9.86. The van der Waals surface area contributed by atoms with E-state index in [9.17, 15) is 4.79 Å². The minimum atomic E-state index is 0.411. The van der Waals surface area contributed by atoms with Gasteiger partial charge in [0.15, 0.2) is 0 Å². The van der Waals surface area contributed by atoms with E-state index in [1.54, 1.807) is 0 Å². The Morgan fingerprint density at radius 3 is 2.94 bits per heavy atom. The summed E-state index contributed by atoms with van der Waals surface area (Å²) in [5, 5.41) is 1.25. The molecule has 2 heteroatoms. The van der Waals surface area contributed by atoms with Gasteiger partial charge in [-0.3, -0.25) is 4.79 Å². The van der Waals surface area contributed by atoms with Gasteiger partial charge in [-0.15, -0.1) is 0 Å². The molecule has 2 aromatic rings. The summed E-state index contributed by atoms with van der Waals surface area (Å²) in [6.45, 7) is 0. The van der Waals surface area contributed by atoms with Crippen LogP contribution in [0.1, 0.15) is 37.3 Å². The number of H-pyrrole nitrogens is 1. The van der Waals surface area contributed by atoms with Gasteiger partial charge in [-0.05, 0) is 30.4 Å². The summed E-state index contributed by atoms with van der Waals surface area (Å²) in [7, 11) is 0. The molecule has 1 aliphatic rings. The van der Waals surface area contributed by atoms with Gasteiger partial charge in [-0.25, -0.2) is 0 Å². The Kier molecular flexibility index (Phi) is 2.28. The van der Waals surface area contributed by atoms with E-state index in [0.29, 0.717) is 18.1 Å². The molecule has 1 atom stereocenters. The van der Waals surface area contributed by atoms with Crippen LogP contribution in [0.15, 0.2) is 30.3 Å².